The minimum Gasteiger partial charge on any atom is -0.490 e. The minimum atomic E-state index is -2.95. The van der Waals surface area contributed by atoms with Gasteiger partial charge in [-0.15, -0.1) is 0 Å². The number of hydrogen-bond donors (Lipinski definition) is 0. The Labute approximate surface area is 153 Å². The van der Waals surface area contributed by atoms with Crippen LogP contribution in [0.15, 0.2) is 42.5 Å². The van der Waals surface area contributed by atoms with Gasteiger partial charge in [0, 0.05) is 10.6 Å². The Morgan fingerprint density at radius 2 is 1.92 bits per heavy atom. The quantitative estimate of drug-likeness (QED) is 0.439. The fraction of sp³-hybridized carbons (Fsp3) is 0.167. The van der Waals surface area contributed by atoms with E-state index >= 15 is 0 Å². The Hall–Kier alpha value is -2.11. The summed E-state index contributed by atoms with van der Waals surface area (Å²) >= 11 is 11.8. The third kappa shape index (κ3) is 5.44. The average molecular weight is 387 g/mol. The fourth-order valence-corrected chi connectivity index (χ4v) is 2.54. The van der Waals surface area contributed by atoms with Crippen molar-refractivity contribution in [3.8, 4) is 11.5 Å². The Bertz CT molecular complexity index is 792. The van der Waals surface area contributed by atoms with Gasteiger partial charge in [-0.25, -0.2) is 0 Å². The van der Waals surface area contributed by atoms with Crippen LogP contribution in [0.3, 0.4) is 0 Å². The van der Waals surface area contributed by atoms with Gasteiger partial charge in [0.2, 0.25) is 0 Å². The van der Waals surface area contributed by atoms with Gasteiger partial charge in [-0.3, -0.25) is 4.79 Å². The van der Waals surface area contributed by atoms with Crippen LogP contribution >= 0.6 is 23.2 Å². The number of rotatable bonds is 7. The van der Waals surface area contributed by atoms with Crippen LogP contribution in [0.5, 0.6) is 11.5 Å². The molecule has 2 aromatic carbocycles. The highest BCUT2D eigenvalue weighted by atomic mass is 35.5. The van der Waals surface area contributed by atoms with E-state index in [-0.39, 0.29) is 28.9 Å². The van der Waals surface area contributed by atoms with Gasteiger partial charge in [-0.2, -0.15) is 8.78 Å². The standard InChI is InChI=1S/C18H14Cl2F2O3/c1-2-24-17-9-11(4-8-16(17)25-18(21)22)3-7-15(23)13-6-5-12(19)10-14(13)20/h3-10,18H,2H2,1H3/b7-3+. The first-order chi connectivity index (χ1) is 11.9. The molecule has 2 aromatic rings. The summed E-state index contributed by atoms with van der Waals surface area (Å²) in [5, 5.41) is 0.680. The first-order valence-corrected chi connectivity index (χ1v) is 8.05. The number of allylic oxidation sites excluding steroid dienone is 1. The first kappa shape index (κ1) is 19.2. The maximum Gasteiger partial charge on any atom is 0.387 e. The van der Waals surface area contributed by atoms with Gasteiger partial charge in [0.05, 0.1) is 11.6 Å². The van der Waals surface area contributed by atoms with Gasteiger partial charge in [0.25, 0.3) is 0 Å². The van der Waals surface area contributed by atoms with Crippen molar-refractivity contribution in [1.29, 1.82) is 0 Å². The van der Waals surface area contributed by atoms with E-state index in [1.54, 1.807) is 13.0 Å². The molecule has 0 saturated heterocycles. The lowest BCUT2D eigenvalue weighted by molar-refractivity contribution is -0.0514. The summed E-state index contributed by atoms with van der Waals surface area (Å²) in [7, 11) is 0. The van der Waals surface area contributed by atoms with E-state index in [4.69, 9.17) is 27.9 Å². The summed E-state index contributed by atoms with van der Waals surface area (Å²) in [6.45, 7) is -0.943. The molecule has 132 valence electrons. The molecule has 0 N–H and O–H groups in total. The van der Waals surface area contributed by atoms with Crippen molar-refractivity contribution in [3.05, 3.63) is 63.6 Å². The van der Waals surface area contributed by atoms with Crippen LogP contribution in [0.4, 0.5) is 8.78 Å². The normalized spacial score (nSPS) is 11.1. The van der Waals surface area contributed by atoms with E-state index in [1.165, 1.54) is 42.5 Å². The summed E-state index contributed by atoms with van der Waals surface area (Å²) in [4.78, 5) is 12.2. The number of ketones is 1. The number of ether oxygens (including phenoxy) is 2. The Morgan fingerprint density at radius 1 is 1.16 bits per heavy atom. The average Bonchev–Trinajstić information content (AvgIpc) is 2.54. The molecule has 0 heterocycles. The number of alkyl halides is 2. The number of carbonyl (C=O) groups excluding carboxylic acids is 1. The van der Waals surface area contributed by atoms with Gasteiger partial charge < -0.3 is 9.47 Å². The highest BCUT2D eigenvalue weighted by Crippen LogP contribution is 2.30. The molecule has 0 atom stereocenters. The maximum absolute atomic E-state index is 12.4. The zero-order valence-electron chi connectivity index (χ0n) is 13.1. The van der Waals surface area contributed by atoms with Crippen molar-refractivity contribution in [1.82, 2.24) is 0 Å². The van der Waals surface area contributed by atoms with Gasteiger partial charge in [-0.05, 0) is 48.9 Å². The molecule has 0 bridgehead atoms. The molecule has 0 fully saturated rings. The van der Waals surface area contributed by atoms with Gasteiger partial charge >= 0.3 is 6.61 Å². The van der Waals surface area contributed by atoms with Crippen molar-refractivity contribution in [3.63, 3.8) is 0 Å². The summed E-state index contributed by atoms with van der Waals surface area (Å²) < 4.78 is 34.5. The predicted molar refractivity (Wildman–Crippen MR) is 94.1 cm³/mol. The summed E-state index contributed by atoms with van der Waals surface area (Å²) in [5.74, 6) is -0.212. The number of hydrogen-bond acceptors (Lipinski definition) is 3. The van der Waals surface area contributed by atoms with Crippen LogP contribution in [0.2, 0.25) is 10.0 Å². The molecule has 2 rings (SSSR count). The largest absolute Gasteiger partial charge is 0.490 e. The molecular formula is C18H14Cl2F2O3. The van der Waals surface area contributed by atoms with Crippen LogP contribution < -0.4 is 9.47 Å². The monoisotopic (exact) mass is 386 g/mol. The van der Waals surface area contributed by atoms with Crippen LogP contribution in [-0.2, 0) is 0 Å². The van der Waals surface area contributed by atoms with Crippen LogP contribution in [0.25, 0.3) is 6.08 Å². The van der Waals surface area contributed by atoms with Gasteiger partial charge in [0.1, 0.15) is 0 Å². The van der Waals surface area contributed by atoms with Crippen LogP contribution in [0.1, 0.15) is 22.8 Å². The molecule has 0 amide bonds. The molecule has 0 saturated carbocycles. The van der Waals surface area contributed by atoms with Crippen molar-refractivity contribution in [2.24, 2.45) is 0 Å². The molecule has 0 radical (unpaired) electrons. The zero-order chi connectivity index (χ0) is 18.4. The van der Waals surface area contributed by atoms with Gasteiger partial charge in [-0.1, -0.05) is 35.3 Å². The van der Waals surface area contributed by atoms with E-state index in [0.717, 1.165) is 0 Å². The molecule has 0 aromatic heterocycles. The zero-order valence-corrected chi connectivity index (χ0v) is 14.7. The topological polar surface area (TPSA) is 35.5 Å². The summed E-state index contributed by atoms with van der Waals surface area (Å²) in [6, 6.07) is 8.98. The molecule has 7 heteroatoms. The lowest BCUT2D eigenvalue weighted by atomic mass is 10.1. The molecule has 0 aliphatic heterocycles. The SMILES string of the molecule is CCOc1cc(/C=C/C(=O)c2ccc(Cl)cc2Cl)ccc1OC(F)F. The molecule has 0 aliphatic rings. The van der Waals surface area contributed by atoms with Crippen molar-refractivity contribution < 1.29 is 23.0 Å². The minimum absolute atomic E-state index is 0.0685. The van der Waals surface area contributed by atoms with E-state index < -0.39 is 6.61 Å². The Balaban J connectivity index is 2.22. The highest BCUT2D eigenvalue weighted by Gasteiger charge is 2.12. The second-order valence-corrected chi connectivity index (χ2v) is 5.68. The van der Waals surface area contributed by atoms with Crippen LogP contribution in [-0.4, -0.2) is 19.0 Å². The second kappa shape index (κ2) is 8.83. The molecular weight excluding hydrogens is 373 g/mol. The molecule has 3 nitrogen and oxygen atoms in total. The number of halogens is 4. The fourth-order valence-electron chi connectivity index (χ4n) is 2.04. The third-order valence-corrected chi connectivity index (χ3v) is 3.66. The van der Waals surface area contributed by atoms with Crippen molar-refractivity contribution >= 4 is 35.1 Å². The lowest BCUT2D eigenvalue weighted by Gasteiger charge is -2.11. The molecule has 0 spiro atoms. The Kier molecular flexibility index (Phi) is 6.79. The lowest BCUT2D eigenvalue weighted by Crippen LogP contribution is -2.04. The summed E-state index contributed by atoms with van der Waals surface area (Å²) in [6.07, 6.45) is 2.86. The number of carbonyl (C=O) groups is 1. The third-order valence-electron chi connectivity index (χ3n) is 3.11. The van der Waals surface area contributed by atoms with E-state index in [9.17, 15) is 13.6 Å². The maximum atomic E-state index is 12.4. The van der Waals surface area contributed by atoms with Gasteiger partial charge in [0.15, 0.2) is 17.3 Å². The highest BCUT2D eigenvalue weighted by molar-refractivity contribution is 6.37. The predicted octanol–water partition coefficient (Wildman–Crippen LogP) is 5.89. The second-order valence-electron chi connectivity index (χ2n) is 4.84. The molecule has 0 aliphatic carbocycles. The summed E-state index contributed by atoms with van der Waals surface area (Å²) in [5.41, 5.74) is 0.897. The Morgan fingerprint density at radius 3 is 2.56 bits per heavy atom. The van der Waals surface area contributed by atoms with E-state index in [0.29, 0.717) is 16.1 Å². The smallest absolute Gasteiger partial charge is 0.387 e. The van der Waals surface area contributed by atoms with Crippen LogP contribution in [0, 0.1) is 0 Å². The molecule has 0 unspecified atom stereocenters. The number of benzene rings is 2. The molecule has 25 heavy (non-hydrogen) atoms. The first-order valence-electron chi connectivity index (χ1n) is 7.30. The van der Waals surface area contributed by atoms with Crippen molar-refractivity contribution in [2.75, 3.05) is 6.61 Å². The van der Waals surface area contributed by atoms with E-state index in [1.807, 2.05) is 0 Å². The van der Waals surface area contributed by atoms with E-state index in [2.05, 4.69) is 4.74 Å². The van der Waals surface area contributed by atoms with Crippen molar-refractivity contribution in [2.45, 2.75) is 13.5 Å².